The second kappa shape index (κ2) is 7.77. The van der Waals surface area contributed by atoms with Gasteiger partial charge in [0, 0.05) is 16.4 Å². The minimum atomic E-state index is 0.449. The highest BCUT2D eigenvalue weighted by Crippen LogP contribution is 2.28. The van der Waals surface area contributed by atoms with Gasteiger partial charge >= 0.3 is 0 Å². The second-order valence-corrected chi connectivity index (χ2v) is 6.27. The van der Waals surface area contributed by atoms with Crippen LogP contribution < -0.4 is 5.32 Å². The van der Waals surface area contributed by atoms with E-state index in [1.165, 1.54) is 10.4 Å². The first-order valence-electron chi connectivity index (χ1n) is 7.06. The van der Waals surface area contributed by atoms with Gasteiger partial charge < -0.3 is 5.32 Å². The average Bonchev–Trinajstić information content (AvgIpc) is 2.86. The fourth-order valence-corrected chi connectivity index (χ4v) is 3.45. The molecule has 0 radical (unpaired) electrons. The van der Waals surface area contributed by atoms with Crippen LogP contribution in [0, 0.1) is 6.92 Å². The lowest BCUT2D eigenvalue weighted by atomic mass is 9.93. The number of rotatable bonds is 7. The molecule has 0 fully saturated rings. The van der Waals surface area contributed by atoms with Crippen LogP contribution in [0.3, 0.4) is 0 Å². The number of benzene rings is 1. The lowest BCUT2D eigenvalue weighted by molar-refractivity contribution is 0.563. The SMILES string of the molecule is CCNCC(CCc1scnc1C)c1ccccc1Cl. The highest BCUT2D eigenvalue weighted by molar-refractivity contribution is 7.09. The summed E-state index contributed by atoms with van der Waals surface area (Å²) in [4.78, 5) is 5.71. The summed E-state index contributed by atoms with van der Waals surface area (Å²) in [7, 11) is 0. The number of halogens is 1. The zero-order valence-corrected chi connectivity index (χ0v) is 13.6. The van der Waals surface area contributed by atoms with Crippen molar-refractivity contribution in [1.82, 2.24) is 10.3 Å². The number of hydrogen-bond acceptors (Lipinski definition) is 3. The van der Waals surface area contributed by atoms with E-state index >= 15 is 0 Å². The van der Waals surface area contributed by atoms with E-state index in [1.54, 1.807) is 11.3 Å². The Bertz CT molecular complexity index is 539. The van der Waals surface area contributed by atoms with Crippen molar-refractivity contribution in [3.05, 3.63) is 50.9 Å². The highest BCUT2D eigenvalue weighted by atomic mass is 35.5. The lowest BCUT2D eigenvalue weighted by Crippen LogP contribution is -2.22. The number of nitrogens with zero attached hydrogens (tertiary/aromatic N) is 1. The van der Waals surface area contributed by atoms with E-state index in [-0.39, 0.29) is 0 Å². The number of likely N-dealkylation sites (N-methyl/N-ethyl adjacent to an activating group) is 1. The fraction of sp³-hybridized carbons (Fsp3) is 0.438. The molecule has 0 aliphatic rings. The van der Waals surface area contributed by atoms with Crippen LogP contribution >= 0.6 is 22.9 Å². The first-order valence-corrected chi connectivity index (χ1v) is 8.32. The Kier molecular flexibility index (Phi) is 6.02. The van der Waals surface area contributed by atoms with Gasteiger partial charge in [0.1, 0.15) is 0 Å². The fourth-order valence-electron chi connectivity index (χ4n) is 2.36. The smallest absolute Gasteiger partial charge is 0.0797 e. The van der Waals surface area contributed by atoms with E-state index in [4.69, 9.17) is 11.6 Å². The first kappa shape index (κ1) is 15.5. The van der Waals surface area contributed by atoms with Gasteiger partial charge in [0.25, 0.3) is 0 Å². The Morgan fingerprint density at radius 3 is 2.80 bits per heavy atom. The quantitative estimate of drug-likeness (QED) is 0.818. The monoisotopic (exact) mass is 308 g/mol. The van der Waals surface area contributed by atoms with Gasteiger partial charge in [-0.2, -0.15) is 0 Å². The Hall–Kier alpha value is -0.900. The largest absolute Gasteiger partial charge is 0.316 e. The molecule has 0 saturated heterocycles. The predicted molar refractivity (Wildman–Crippen MR) is 87.9 cm³/mol. The van der Waals surface area contributed by atoms with Gasteiger partial charge in [-0.15, -0.1) is 11.3 Å². The van der Waals surface area contributed by atoms with Crippen LogP contribution in [0.15, 0.2) is 29.8 Å². The van der Waals surface area contributed by atoms with Gasteiger partial charge in [0.15, 0.2) is 0 Å². The molecule has 1 aromatic carbocycles. The minimum absolute atomic E-state index is 0.449. The number of aryl methyl sites for hydroxylation is 2. The van der Waals surface area contributed by atoms with E-state index < -0.39 is 0 Å². The van der Waals surface area contributed by atoms with E-state index in [1.807, 2.05) is 17.6 Å². The summed E-state index contributed by atoms with van der Waals surface area (Å²) >= 11 is 8.10. The molecule has 1 aromatic heterocycles. The van der Waals surface area contributed by atoms with Gasteiger partial charge in [-0.1, -0.05) is 36.7 Å². The van der Waals surface area contributed by atoms with Crippen LogP contribution in [0.5, 0.6) is 0 Å². The van der Waals surface area contributed by atoms with Gasteiger partial charge in [0.05, 0.1) is 11.2 Å². The lowest BCUT2D eigenvalue weighted by Gasteiger charge is -2.19. The number of hydrogen-bond donors (Lipinski definition) is 1. The molecule has 1 heterocycles. The van der Waals surface area contributed by atoms with Crippen molar-refractivity contribution < 1.29 is 0 Å². The van der Waals surface area contributed by atoms with Gasteiger partial charge in [-0.3, -0.25) is 0 Å². The molecule has 0 aliphatic heterocycles. The minimum Gasteiger partial charge on any atom is -0.316 e. The summed E-state index contributed by atoms with van der Waals surface area (Å²) in [6, 6.07) is 8.18. The predicted octanol–water partition coefficient (Wildman–Crippen LogP) is 4.43. The highest BCUT2D eigenvalue weighted by Gasteiger charge is 2.15. The third kappa shape index (κ3) is 4.05. The molecule has 4 heteroatoms. The molecule has 0 aliphatic carbocycles. The summed E-state index contributed by atoms with van der Waals surface area (Å²) in [6.07, 6.45) is 2.16. The normalized spacial score (nSPS) is 12.6. The molecule has 0 amide bonds. The summed E-state index contributed by atoms with van der Waals surface area (Å²) in [6.45, 7) is 6.18. The van der Waals surface area contributed by atoms with Crippen LogP contribution in [0.2, 0.25) is 5.02 Å². The summed E-state index contributed by atoms with van der Waals surface area (Å²) < 4.78 is 0. The molecule has 0 bridgehead atoms. The topological polar surface area (TPSA) is 24.9 Å². The summed E-state index contributed by atoms with van der Waals surface area (Å²) in [5, 5.41) is 4.32. The van der Waals surface area contributed by atoms with Crippen LogP contribution in [0.4, 0.5) is 0 Å². The van der Waals surface area contributed by atoms with Gasteiger partial charge in [-0.25, -0.2) is 4.98 Å². The Morgan fingerprint density at radius 2 is 2.15 bits per heavy atom. The van der Waals surface area contributed by atoms with Crippen LogP contribution in [0.25, 0.3) is 0 Å². The molecule has 1 atom stereocenters. The van der Waals surface area contributed by atoms with Crippen LogP contribution in [-0.2, 0) is 6.42 Å². The standard InChI is InChI=1S/C16H21ClN2S/c1-3-18-10-13(14-6-4-5-7-15(14)17)8-9-16-12(2)19-11-20-16/h4-7,11,13,18H,3,8-10H2,1-2H3. The van der Waals surface area contributed by atoms with Crippen LogP contribution in [-0.4, -0.2) is 18.1 Å². The van der Waals surface area contributed by atoms with Crippen molar-refractivity contribution in [2.24, 2.45) is 0 Å². The first-order chi connectivity index (χ1) is 9.72. The third-order valence-electron chi connectivity index (χ3n) is 3.55. The number of nitrogens with one attached hydrogen (secondary N) is 1. The molecule has 0 saturated carbocycles. The zero-order chi connectivity index (χ0) is 14.4. The Labute approximate surface area is 130 Å². The second-order valence-electron chi connectivity index (χ2n) is 4.93. The van der Waals surface area contributed by atoms with Crippen molar-refractivity contribution in [2.45, 2.75) is 32.6 Å². The Morgan fingerprint density at radius 1 is 1.35 bits per heavy atom. The third-order valence-corrected chi connectivity index (χ3v) is 4.89. The van der Waals surface area contributed by atoms with E-state index in [0.717, 1.165) is 36.6 Å². The van der Waals surface area contributed by atoms with E-state index in [0.29, 0.717) is 5.92 Å². The molecule has 2 nitrogen and oxygen atoms in total. The molecule has 2 rings (SSSR count). The maximum atomic E-state index is 6.35. The van der Waals surface area contributed by atoms with Gasteiger partial charge in [0.2, 0.25) is 0 Å². The average molecular weight is 309 g/mol. The zero-order valence-electron chi connectivity index (χ0n) is 12.0. The molecule has 108 valence electrons. The summed E-state index contributed by atoms with van der Waals surface area (Å²) in [5.74, 6) is 0.449. The molecule has 1 N–H and O–H groups in total. The maximum absolute atomic E-state index is 6.35. The number of thiazole rings is 1. The van der Waals surface area contributed by atoms with Crippen molar-refractivity contribution in [3.63, 3.8) is 0 Å². The molecule has 20 heavy (non-hydrogen) atoms. The molecular weight excluding hydrogens is 288 g/mol. The van der Waals surface area contributed by atoms with Crippen molar-refractivity contribution >= 4 is 22.9 Å². The number of aromatic nitrogens is 1. The van der Waals surface area contributed by atoms with Crippen molar-refractivity contribution in [2.75, 3.05) is 13.1 Å². The molecule has 2 aromatic rings. The van der Waals surface area contributed by atoms with Crippen molar-refractivity contribution in [1.29, 1.82) is 0 Å². The van der Waals surface area contributed by atoms with Crippen LogP contribution in [0.1, 0.15) is 35.4 Å². The van der Waals surface area contributed by atoms with E-state index in [2.05, 4.69) is 36.3 Å². The maximum Gasteiger partial charge on any atom is 0.0797 e. The Balaban J connectivity index is 2.08. The summed E-state index contributed by atoms with van der Waals surface area (Å²) in [5.41, 5.74) is 4.34. The van der Waals surface area contributed by atoms with Gasteiger partial charge in [-0.05, 0) is 43.9 Å². The molecule has 0 spiro atoms. The van der Waals surface area contributed by atoms with E-state index in [9.17, 15) is 0 Å². The molecule has 1 unspecified atom stereocenters. The van der Waals surface area contributed by atoms with Crippen molar-refractivity contribution in [3.8, 4) is 0 Å². The molecular formula is C16H21ClN2S.